The zero-order valence-corrected chi connectivity index (χ0v) is 11.8. The van der Waals surface area contributed by atoms with Crippen molar-refractivity contribution in [2.24, 2.45) is 11.0 Å². The SMILES string of the molecule is O=C(N/N=C\c1ccc(O)cc1O)[C@H]1C[C@H]1c1ccccc1. The second-order valence-corrected chi connectivity index (χ2v) is 5.34. The first-order valence-electron chi connectivity index (χ1n) is 7.05. The van der Waals surface area contributed by atoms with E-state index in [2.05, 4.69) is 10.5 Å². The maximum absolute atomic E-state index is 12.0. The van der Waals surface area contributed by atoms with Gasteiger partial charge in [0, 0.05) is 17.5 Å². The van der Waals surface area contributed by atoms with Crippen LogP contribution < -0.4 is 5.43 Å². The molecular weight excluding hydrogens is 280 g/mol. The number of hydrogen-bond donors (Lipinski definition) is 3. The summed E-state index contributed by atoms with van der Waals surface area (Å²) in [4.78, 5) is 12.0. The van der Waals surface area contributed by atoms with E-state index in [1.807, 2.05) is 30.3 Å². The highest BCUT2D eigenvalue weighted by Crippen LogP contribution is 2.47. The molecule has 2 aromatic carbocycles. The zero-order valence-electron chi connectivity index (χ0n) is 11.8. The summed E-state index contributed by atoms with van der Waals surface area (Å²) in [6.07, 6.45) is 2.18. The molecule has 22 heavy (non-hydrogen) atoms. The molecule has 1 aliphatic carbocycles. The van der Waals surface area contributed by atoms with Gasteiger partial charge in [0.25, 0.3) is 0 Å². The van der Waals surface area contributed by atoms with Gasteiger partial charge in [-0.3, -0.25) is 4.79 Å². The van der Waals surface area contributed by atoms with E-state index >= 15 is 0 Å². The second kappa shape index (κ2) is 5.89. The normalized spacial score (nSPS) is 20.0. The highest BCUT2D eigenvalue weighted by molar-refractivity contribution is 5.87. The summed E-state index contributed by atoms with van der Waals surface area (Å²) in [5.74, 6) is -0.0243. The van der Waals surface area contributed by atoms with Crippen LogP contribution in [-0.2, 0) is 4.79 Å². The summed E-state index contributed by atoms with van der Waals surface area (Å²) in [6.45, 7) is 0. The van der Waals surface area contributed by atoms with E-state index in [9.17, 15) is 15.0 Å². The average Bonchev–Trinajstić information content (AvgIpc) is 3.31. The summed E-state index contributed by atoms with van der Waals surface area (Å²) in [5.41, 5.74) is 4.09. The Balaban J connectivity index is 1.56. The molecule has 112 valence electrons. The summed E-state index contributed by atoms with van der Waals surface area (Å²) in [5, 5.41) is 22.7. The quantitative estimate of drug-likeness (QED) is 0.598. The number of phenolic OH excluding ortho intramolecular Hbond substituents is 2. The van der Waals surface area contributed by atoms with Crippen molar-refractivity contribution < 1.29 is 15.0 Å². The Morgan fingerprint density at radius 1 is 1.18 bits per heavy atom. The second-order valence-electron chi connectivity index (χ2n) is 5.34. The van der Waals surface area contributed by atoms with Gasteiger partial charge >= 0.3 is 0 Å². The lowest BCUT2D eigenvalue weighted by Crippen LogP contribution is -2.20. The van der Waals surface area contributed by atoms with Crippen LogP contribution in [0.1, 0.15) is 23.5 Å². The van der Waals surface area contributed by atoms with Crippen LogP contribution in [0, 0.1) is 5.92 Å². The van der Waals surface area contributed by atoms with E-state index in [-0.39, 0.29) is 29.2 Å². The Hall–Kier alpha value is -2.82. The zero-order chi connectivity index (χ0) is 15.5. The molecule has 5 heteroatoms. The summed E-state index contributed by atoms with van der Waals surface area (Å²) < 4.78 is 0. The van der Waals surface area contributed by atoms with Gasteiger partial charge in [-0.25, -0.2) is 5.43 Å². The lowest BCUT2D eigenvalue weighted by Gasteiger charge is -2.01. The van der Waals surface area contributed by atoms with Crippen molar-refractivity contribution in [3.8, 4) is 11.5 Å². The number of nitrogens with zero attached hydrogens (tertiary/aromatic N) is 1. The number of carbonyl (C=O) groups is 1. The van der Waals surface area contributed by atoms with Crippen molar-refractivity contribution in [1.29, 1.82) is 0 Å². The minimum Gasteiger partial charge on any atom is -0.508 e. The topological polar surface area (TPSA) is 81.9 Å². The predicted octanol–water partition coefficient (Wildman–Crippen LogP) is 2.35. The molecule has 1 aliphatic rings. The van der Waals surface area contributed by atoms with E-state index in [1.165, 1.54) is 30.0 Å². The van der Waals surface area contributed by atoms with Crippen LogP contribution in [-0.4, -0.2) is 22.3 Å². The molecule has 3 N–H and O–H groups in total. The molecule has 0 spiro atoms. The largest absolute Gasteiger partial charge is 0.508 e. The fraction of sp³-hybridized carbons (Fsp3) is 0.176. The van der Waals surface area contributed by atoms with Crippen molar-refractivity contribution in [3.63, 3.8) is 0 Å². The summed E-state index contributed by atoms with van der Waals surface area (Å²) >= 11 is 0. The molecule has 2 aromatic rings. The molecule has 1 fully saturated rings. The maximum Gasteiger partial charge on any atom is 0.243 e. The highest BCUT2D eigenvalue weighted by Gasteiger charge is 2.43. The molecule has 0 aliphatic heterocycles. The van der Waals surface area contributed by atoms with Gasteiger partial charge in [-0.15, -0.1) is 0 Å². The molecule has 1 amide bonds. The minimum absolute atomic E-state index is 0.0256. The van der Waals surface area contributed by atoms with E-state index in [4.69, 9.17) is 0 Å². The number of carbonyl (C=O) groups excluding carboxylic acids is 1. The Morgan fingerprint density at radius 2 is 1.95 bits per heavy atom. The van der Waals surface area contributed by atoms with Crippen molar-refractivity contribution in [2.75, 3.05) is 0 Å². The molecule has 5 nitrogen and oxygen atoms in total. The highest BCUT2D eigenvalue weighted by atomic mass is 16.3. The number of hydrazone groups is 1. The van der Waals surface area contributed by atoms with Crippen LogP contribution >= 0.6 is 0 Å². The van der Waals surface area contributed by atoms with Gasteiger partial charge in [0.15, 0.2) is 0 Å². The molecule has 2 atom stereocenters. The first-order chi connectivity index (χ1) is 10.6. The molecule has 1 saturated carbocycles. The van der Waals surface area contributed by atoms with E-state index in [0.29, 0.717) is 5.56 Å². The number of rotatable bonds is 4. The Labute approximate surface area is 127 Å². The van der Waals surface area contributed by atoms with Crippen LogP contribution in [0.4, 0.5) is 0 Å². The van der Waals surface area contributed by atoms with Gasteiger partial charge in [-0.05, 0) is 30.0 Å². The molecule has 3 rings (SSSR count). The molecule has 0 unspecified atom stereocenters. The third-order valence-corrected chi connectivity index (χ3v) is 3.75. The van der Waals surface area contributed by atoms with Crippen molar-refractivity contribution in [1.82, 2.24) is 5.43 Å². The molecular formula is C17H16N2O3. The number of amides is 1. The summed E-state index contributed by atoms with van der Waals surface area (Å²) in [6, 6.07) is 14.1. The van der Waals surface area contributed by atoms with Gasteiger partial charge in [0.05, 0.1) is 6.21 Å². The molecule has 0 saturated heterocycles. The van der Waals surface area contributed by atoms with Crippen molar-refractivity contribution in [2.45, 2.75) is 12.3 Å². The maximum atomic E-state index is 12.0. The van der Waals surface area contributed by atoms with Crippen LogP contribution in [0.3, 0.4) is 0 Å². The Morgan fingerprint density at radius 3 is 2.68 bits per heavy atom. The predicted molar refractivity (Wildman–Crippen MR) is 82.8 cm³/mol. The van der Waals surface area contributed by atoms with E-state index in [1.54, 1.807) is 0 Å². The number of nitrogens with one attached hydrogen (secondary N) is 1. The lowest BCUT2D eigenvalue weighted by molar-refractivity contribution is -0.122. The lowest BCUT2D eigenvalue weighted by atomic mass is 10.1. The van der Waals surface area contributed by atoms with E-state index in [0.717, 1.165) is 6.42 Å². The molecule has 0 radical (unpaired) electrons. The smallest absolute Gasteiger partial charge is 0.243 e. The van der Waals surface area contributed by atoms with Crippen LogP contribution in [0.2, 0.25) is 0 Å². The van der Waals surface area contributed by atoms with Gasteiger partial charge in [-0.2, -0.15) is 5.10 Å². The van der Waals surface area contributed by atoms with Crippen LogP contribution in [0.15, 0.2) is 53.6 Å². The number of aromatic hydroxyl groups is 2. The van der Waals surface area contributed by atoms with Crippen molar-refractivity contribution >= 4 is 12.1 Å². The van der Waals surface area contributed by atoms with Crippen molar-refractivity contribution in [3.05, 3.63) is 59.7 Å². The minimum atomic E-state index is -0.122. The Bertz CT molecular complexity index is 713. The van der Waals surface area contributed by atoms with Gasteiger partial charge in [0.2, 0.25) is 5.91 Å². The standard InChI is InChI=1S/C17H16N2O3/c20-13-7-6-12(16(21)8-13)10-18-19-17(22)15-9-14(15)11-4-2-1-3-5-11/h1-8,10,14-15,20-21H,9H2,(H,19,22)/b18-10-/t14-,15-/m0/s1. The Kier molecular flexibility index (Phi) is 3.78. The average molecular weight is 296 g/mol. The monoisotopic (exact) mass is 296 g/mol. The number of hydrogen-bond acceptors (Lipinski definition) is 4. The number of phenols is 2. The van der Waals surface area contributed by atoms with Gasteiger partial charge in [-0.1, -0.05) is 30.3 Å². The van der Waals surface area contributed by atoms with Gasteiger partial charge in [0.1, 0.15) is 11.5 Å². The molecule has 0 heterocycles. The molecule has 0 aromatic heterocycles. The van der Waals surface area contributed by atoms with Gasteiger partial charge < -0.3 is 10.2 Å². The fourth-order valence-corrected chi connectivity index (χ4v) is 2.44. The third-order valence-electron chi connectivity index (χ3n) is 3.75. The van der Waals surface area contributed by atoms with E-state index < -0.39 is 0 Å². The first kappa shape index (κ1) is 14.1. The van der Waals surface area contributed by atoms with Crippen LogP contribution in [0.5, 0.6) is 11.5 Å². The number of benzene rings is 2. The molecule has 0 bridgehead atoms. The fourth-order valence-electron chi connectivity index (χ4n) is 2.44. The van der Waals surface area contributed by atoms with Crippen LogP contribution in [0.25, 0.3) is 0 Å². The third kappa shape index (κ3) is 3.09. The summed E-state index contributed by atoms with van der Waals surface area (Å²) in [7, 11) is 0. The first-order valence-corrected chi connectivity index (χ1v) is 7.05.